The summed E-state index contributed by atoms with van der Waals surface area (Å²) in [6.45, 7) is 5.12. The Labute approximate surface area is 117 Å². The maximum absolute atomic E-state index is 2.59. The van der Waals surface area contributed by atoms with Crippen molar-refractivity contribution < 1.29 is 0 Å². The summed E-state index contributed by atoms with van der Waals surface area (Å²) < 4.78 is 0. The third-order valence-corrected chi connectivity index (χ3v) is 6.77. The third-order valence-electron chi connectivity index (χ3n) is 6.77. The summed E-state index contributed by atoms with van der Waals surface area (Å²) >= 11 is 0. The summed E-state index contributed by atoms with van der Waals surface area (Å²) in [5.74, 6) is 3.74. The summed E-state index contributed by atoms with van der Waals surface area (Å²) in [5, 5.41) is 0. The maximum Gasteiger partial charge on any atom is -0.0125 e. The second-order valence-electron chi connectivity index (χ2n) is 7.76. The van der Waals surface area contributed by atoms with Gasteiger partial charge in [0.05, 0.1) is 0 Å². The molecule has 0 N–H and O–H groups in total. The Morgan fingerprint density at radius 1 is 1.11 bits per heavy atom. The van der Waals surface area contributed by atoms with E-state index in [2.05, 4.69) is 38.1 Å². The van der Waals surface area contributed by atoms with Crippen molar-refractivity contribution in [3.63, 3.8) is 0 Å². The van der Waals surface area contributed by atoms with Crippen LogP contribution in [0.15, 0.2) is 24.3 Å². The van der Waals surface area contributed by atoms with E-state index < -0.39 is 0 Å². The van der Waals surface area contributed by atoms with Gasteiger partial charge in [-0.1, -0.05) is 44.5 Å². The van der Waals surface area contributed by atoms with Crippen LogP contribution in [0.25, 0.3) is 0 Å². The van der Waals surface area contributed by atoms with Gasteiger partial charge >= 0.3 is 0 Å². The van der Waals surface area contributed by atoms with Crippen LogP contribution in [0.1, 0.15) is 63.0 Å². The molecule has 1 unspecified atom stereocenters. The first-order valence-corrected chi connectivity index (χ1v) is 8.27. The molecule has 3 aliphatic rings. The summed E-state index contributed by atoms with van der Waals surface area (Å²) in [7, 11) is 0. The Kier molecular flexibility index (Phi) is 2.59. The Balaban J connectivity index is 1.77. The summed E-state index contributed by atoms with van der Waals surface area (Å²) in [6.07, 6.45) is 8.72. The van der Waals surface area contributed by atoms with Crippen molar-refractivity contribution in [2.75, 3.05) is 0 Å². The van der Waals surface area contributed by atoms with Gasteiger partial charge in [0.15, 0.2) is 0 Å². The van der Waals surface area contributed by atoms with Crippen LogP contribution in [-0.4, -0.2) is 0 Å². The zero-order chi connectivity index (χ0) is 13.0. The fourth-order valence-electron chi connectivity index (χ4n) is 5.91. The van der Waals surface area contributed by atoms with Crippen LogP contribution in [0.3, 0.4) is 0 Å². The van der Waals surface area contributed by atoms with Crippen LogP contribution in [-0.2, 0) is 6.42 Å². The van der Waals surface area contributed by atoms with E-state index in [1.165, 1.54) is 38.5 Å². The molecule has 0 heterocycles. The van der Waals surface area contributed by atoms with Crippen molar-refractivity contribution in [3.05, 3.63) is 35.4 Å². The van der Waals surface area contributed by atoms with Crippen LogP contribution in [0, 0.1) is 23.2 Å². The van der Waals surface area contributed by atoms with Crippen molar-refractivity contribution >= 4 is 0 Å². The normalized spacial score (nSPS) is 44.3. The van der Waals surface area contributed by atoms with Crippen molar-refractivity contribution in [1.82, 2.24) is 0 Å². The topological polar surface area (TPSA) is 0 Å². The minimum absolute atomic E-state index is 0.682. The lowest BCUT2D eigenvalue weighted by atomic mass is 9.53. The minimum Gasteiger partial charge on any atom is -0.0620 e. The second-order valence-corrected chi connectivity index (χ2v) is 7.76. The SMILES string of the molecule is CC1Cc2ccccc2[C@H]2CC[C@]3(C)CCC[C@H]3[C@H]12. The highest BCUT2D eigenvalue weighted by Crippen LogP contribution is 2.61. The molecule has 2 fully saturated rings. The zero-order valence-electron chi connectivity index (χ0n) is 12.4. The van der Waals surface area contributed by atoms with Gasteiger partial charge in [-0.05, 0) is 72.3 Å². The van der Waals surface area contributed by atoms with Crippen molar-refractivity contribution in [2.45, 2.75) is 58.3 Å². The van der Waals surface area contributed by atoms with Gasteiger partial charge in [0, 0.05) is 0 Å². The lowest BCUT2D eigenvalue weighted by Gasteiger charge is -2.51. The highest BCUT2D eigenvalue weighted by atomic mass is 14.6. The molecule has 0 radical (unpaired) electrons. The van der Waals surface area contributed by atoms with E-state index in [9.17, 15) is 0 Å². The largest absolute Gasteiger partial charge is 0.0620 e. The van der Waals surface area contributed by atoms with E-state index in [1.54, 1.807) is 11.1 Å². The van der Waals surface area contributed by atoms with Gasteiger partial charge in [-0.3, -0.25) is 0 Å². The van der Waals surface area contributed by atoms with Gasteiger partial charge in [-0.25, -0.2) is 0 Å². The number of hydrogen-bond donors (Lipinski definition) is 0. The van der Waals surface area contributed by atoms with Gasteiger partial charge in [-0.15, -0.1) is 0 Å². The lowest BCUT2D eigenvalue weighted by molar-refractivity contribution is 0.0314. The summed E-state index contributed by atoms with van der Waals surface area (Å²) in [5.41, 5.74) is 4.04. The molecule has 102 valence electrons. The van der Waals surface area contributed by atoms with Crippen molar-refractivity contribution in [1.29, 1.82) is 0 Å². The fourth-order valence-corrected chi connectivity index (χ4v) is 5.91. The molecule has 0 nitrogen and oxygen atoms in total. The van der Waals surface area contributed by atoms with E-state index in [4.69, 9.17) is 0 Å². The van der Waals surface area contributed by atoms with E-state index in [0.29, 0.717) is 5.41 Å². The summed E-state index contributed by atoms with van der Waals surface area (Å²) in [6, 6.07) is 9.30. The van der Waals surface area contributed by atoms with Crippen LogP contribution in [0.2, 0.25) is 0 Å². The third kappa shape index (κ3) is 1.65. The standard InChI is InChI=1S/C19H26/c1-13-12-14-6-3-4-7-15(14)16-9-11-19(2)10-5-8-17(19)18(13)16/h3-4,6-7,13,16-18H,5,8-12H2,1-2H3/t13?,16-,17+,18-,19+/m1/s1. The molecule has 4 rings (SSSR count). The number of rotatable bonds is 0. The monoisotopic (exact) mass is 254 g/mol. The molecule has 0 spiro atoms. The fraction of sp³-hybridized carbons (Fsp3) is 0.684. The molecule has 2 saturated carbocycles. The predicted molar refractivity (Wildman–Crippen MR) is 80.2 cm³/mol. The predicted octanol–water partition coefficient (Wildman–Crippen LogP) is 5.18. The molecular weight excluding hydrogens is 228 g/mol. The smallest absolute Gasteiger partial charge is 0.0125 e. The van der Waals surface area contributed by atoms with E-state index in [0.717, 1.165) is 23.7 Å². The lowest BCUT2D eigenvalue weighted by Crippen LogP contribution is -2.43. The van der Waals surface area contributed by atoms with Gasteiger partial charge in [-0.2, -0.15) is 0 Å². The Morgan fingerprint density at radius 3 is 2.84 bits per heavy atom. The molecule has 0 aliphatic heterocycles. The number of hydrogen-bond acceptors (Lipinski definition) is 0. The molecular formula is C19H26. The molecule has 3 aliphatic carbocycles. The first-order valence-electron chi connectivity index (χ1n) is 8.27. The molecule has 0 bridgehead atoms. The molecule has 19 heavy (non-hydrogen) atoms. The first kappa shape index (κ1) is 12.0. The average molecular weight is 254 g/mol. The van der Waals surface area contributed by atoms with E-state index in [-0.39, 0.29) is 0 Å². The van der Waals surface area contributed by atoms with E-state index >= 15 is 0 Å². The Hall–Kier alpha value is -0.780. The first-order chi connectivity index (χ1) is 9.19. The molecule has 1 aromatic carbocycles. The van der Waals surface area contributed by atoms with Crippen molar-refractivity contribution in [2.24, 2.45) is 23.2 Å². The van der Waals surface area contributed by atoms with Gasteiger partial charge in [0.2, 0.25) is 0 Å². The van der Waals surface area contributed by atoms with Gasteiger partial charge in [0.25, 0.3) is 0 Å². The molecule has 0 saturated heterocycles. The molecule has 0 amide bonds. The van der Waals surface area contributed by atoms with Crippen LogP contribution in [0.5, 0.6) is 0 Å². The average Bonchev–Trinajstić information content (AvgIpc) is 2.80. The molecule has 0 aromatic heterocycles. The highest BCUT2D eigenvalue weighted by Gasteiger charge is 2.51. The van der Waals surface area contributed by atoms with Crippen LogP contribution in [0.4, 0.5) is 0 Å². The second kappa shape index (κ2) is 4.11. The van der Waals surface area contributed by atoms with Crippen LogP contribution < -0.4 is 0 Å². The molecule has 5 atom stereocenters. The zero-order valence-corrected chi connectivity index (χ0v) is 12.4. The van der Waals surface area contributed by atoms with Crippen LogP contribution >= 0.6 is 0 Å². The van der Waals surface area contributed by atoms with Gasteiger partial charge < -0.3 is 0 Å². The molecule has 1 aromatic rings. The minimum atomic E-state index is 0.682. The number of fused-ring (bicyclic) bond motifs is 5. The highest BCUT2D eigenvalue weighted by molar-refractivity contribution is 5.35. The molecule has 0 heteroatoms. The van der Waals surface area contributed by atoms with Crippen molar-refractivity contribution in [3.8, 4) is 0 Å². The Morgan fingerprint density at radius 2 is 1.95 bits per heavy atom. The summed E-state index contributed by atoms with van der Waals surface area (Å²) in [4.78, 5) is 0. The quantitative estimate of drug-likeness (QED) is 0.598. The Bertz CT molecular complexity index is 489. The maximum atomic E-state index is 2.59. The van der Waals surface area contributed by atoms with E-state index in [1.807, 2.05) is 0 Å². The van der Waals surface area contributed by atoms with Gasteiger partial charge in [0.1, 0.15) is 0 Å². The number of benzene rings is 1.